The van der Waals surface area contributed by atoms with Gasteiger partial charge in [0.1, 0.15) is 0 Å². The average Bonchev–Trinajstić information content (AvgIpc) is 2.71. The molecule has 3 atom stereocenters. The fourth-order valence-electron chi connectivity index (χ4n) is 5.09. The van der Waals surface area contributed by atoms with Crippen molar-refractivity contribution in [3.8, 4) is 0 Å². The maximum Gasteiger partial charge on any atom is 0.0129 e. The maximum atomic E-state index is 3.98. The zero-order valence-electron chi connectivity index (χ0n) is 13.3. The first-order chi connectivity index (χ1) is 8.93. The van der Waals surface area contributed by atoms with Gasteiger partial charge in [0.05, 0.1) is 0 Å². The van der Waals surface area contributed by atoms with Crippen LogP contribution in [0, 0.1) is 22.7 Å². The molecular formula is C17H32N2. The summed E-state index contributed by atoms with van der Waals surface area (Å²) in [7, 11) is 2.25. The molecule has 2 heteroatoms. The molecule has 1 heterocycles. The van der Waals surface area contributed by atoms with Crippen molar-refractivity contribution >= 4 is 0 Å². The van der Waals surface area contributed by atoms with Gasteiger partial charge in [-0.15, -0.1) is 0 Å². The fourth-order valence-corrected chi connectivity index (χ4v) is 5.09. The molecule has 3 aliphatic rings. The number of nitrogens with zero attached hydrogens (tertiary/aromatic N) is 1. The van der Waals surface area contributed by atoms with Crippen molar-refractivity contribution in [3.63, 3.8) is 0 Å². The predicted octanol–water partition coefficient (Wildman–Crippen LogP) is 3.13. The van der Waals surface area contributed by atoms with Crippen molar-refractivity contribution in [1.82, 2.24) is 10.2 Å². The standard InChI is InChI=1S/C17H32N2/c1-16(2)14-5-8-17(16,3)15(11-14)18-12-13-6-9-19(4)10-7-13/h13-15,18H,5-12H2,1-4H3. The zero-order chi connectivity index (χ0) is 13.7. The Morgan fingerprint density at radius 3 is 2.32 bits per heavy atom. The summed E-state index contributed by atoms with van der Waals surface area (Å²) in [5.74, 6) is 1.88. The monoisotopic (exact) mass is 264 g/mol. The van der Waals surface area contributed by atoms with E-state index in [4.69, 9.17) is 0 Å². The maximum absolute atomic E-state index is 3.98. The second kappa shape index (κ2) is 4.73. The molecule has 0 radical (unpaired) electrons. The molecule has 2 nitrogen and oxygen atoms in total. The highest BCUT2D eigenvalue weighted by atomic mass is 15.1. The highest BCUT2D eigenvalue weighted by Gasteiger charge is 2.60. The Kier molecular flexibility index (Phi) is 3.46. The van der Waals surface area contributed by atoms with Gasteiger partial charge in [0.25, 0.3) is 0 Å². The second-order valence-electron chi connectivity index (χ2n) is 8.32. The highest BCUT2D eigenvalue weighted by Crippen LogP contribution is 2.65. The zero-order valence-corrected chi connectivity index (χ0v) is 13.3. The van der Waals surface area contributed by atoms with E-state index in [1.165, 1.54) is 51.7 Å². The molecule has 2 bridgehead atoms. The summed E-state index contributed by atoms with van der Waals surface area (Å²) in [6.45, 7) is 11.4. The molecule has 3 unspecified atom stereocenters. The Hall–Kier alpha value is -0.0800. The molecule has 3 fully saturated rings. The molecule has 0 aromatic heterocycles. The molecule has 2 saturated carbocycles. The summed E-state index contributed by atoms with van der Waals surface area (Å²) in [4.78, 5) is 2.47. The second-order valence-corrected chi connectivity index (χ2v) is 8.32. The van der Waals surface area contributed by atoms with Crippen LogP contribution in [-0.4, -0.2) is 37.6 Å². The Bertz CT molecular complexity index is 330. The number of hydrogen-bond donors (Lipinski definition) is 1. The summed E-state index contributed by atoms with van der Waals surface area (Å²) in [5, 5.41) is 3.98. The largest absolute Gasteiger partial charge is 0.313 e. The molecular weight excluding hydrogens is 232 g/mol. The van der Waals surface area contributed by atoms with E-state index < -0.39 is 0 Å². The number of nitrogens with one attached hydrogen (secondary N) is 1. The highest BCUT2D eigenvalue weighted by molar-refractivity contribution is 5.13. The van der Waals surface area contributed by atoms with E-state index in [0.717, 1.165) is 17.9 Å². The van der Waals surface area contributed by atoms with Crippen LogP contribution >= 0.6 is 0 Å². The van der Waals surface area contributed by atoms with Crippen LogP contribution in [0.25, 0.3) is 0 Å². The van der Waals surface area contributed by atoms with E-state index in [9.17, 15) is 0 Å². The summed E-state index contributed by atoms with van der Waals surface area (Å²) >= 11 is 0. The van der Waals surface area contributed by atoms with Gasteiger partial charge in [-0.3, -0.25) is 0 Å². The van der Waals surface area contributed by atoms with Crippen LogP contribution in [0.5, 0.6) is 0 Å². The van der Waals surface area contributed by atoms with Gasteiger partial charge in [-0.1, -0.05) is 20.8 Å². The smallest absolute Gasteiger partial charge is 0.0129 e. The van der Waals surface area contributed by atoms with Crippen LogP contribution in [0.2, 0.25) is 0 Å². The van der Waals surface area contributed by atoms with Gasteiger partial charge in [-0.2, -0.15) is 0 Å². The van der Waals surface area contributed by atoms with Crippen molar-refractivity contribution in [1.29, 1.82) is 0 Å². The lowest BCUT2D eigenvalue weighted by atomic mass is 9.69. The minimum Gasteiger partial charge on any atom is -0.313 e. The molecule has 1 aliphatic heterocycles. The SMILES string of the molecule is CN1CCC(CNC2CC3CCC2(C)C3(C)C)CC1. The van der Waals surface area contributed by atoms with E-state index >= 15 is 0 Å². The van der Waals surface area contributed by atoms with Gasteiger partial charge in [0.15, 0.2) is 0 Å². The van der Waals surface area contributed by atoms with E-state index in [1.807, 2.05) is 0 Å². The van der Waals surface area contributed by atoms with Crippen molar-refractivity contribution in [2.75, 3.05) is 26.7 Å². The Morgan fingerprint density at radius 1 is 1.11 bits per heavy atom. The summed E-state index contributed by atoms with van der Waals surface area (Å²) < 4.78 is 0. The number of piperidine rings is 1. The Morgan fingerprint density at radius 2 is 1.79 bits per heavy atom. The molecule has 0 amide bonds. The van der Waals surface area contributed by atoms with Crippen molar-refractivity contribution in [3.05, 3.63) is 0 Å². The van der Waals surface area contributed by atoms with Gasteiger partial charge in [0.2, 0.25) is 0 Å². The molecule has 0 spiro atoms. The van der Waals surface area contributed by atoms with Crippen molar-refractivity contribution < 1.29 is 0 Å². The quantitative estimate of drug-likeness (QED) is 0.842. The summed E-state index contributed by atoms with van der Waals surface area (Å²) in [6.07, 6.45) is 7.11. The topological polar surface area (TPSA) is 15.3 Å². The molecule has 1 N–H and O–H groups in total. The van der Waals surface area contributed by atoms with Crippen LogP contribution < -0.4 is 5.32 Å². The van der Waals surface area contributed by atoms with Gasteiger partial charge in [-0.05, 0) is 81.5 Å². The van der Waals surface area contributed by atoms with Gasteiger partial charge in [-0.25, -0.2) is 0 Å². The average molecular weight is 264 g/mol. The lowest BCUT2D eigenvalue weighted by Crippen LogP contribution is -2.47. The van der Waals surface area contributed by atoms with Crippen LogP contribution in [0.1, 0.15) is 52.9 Å². The molecule has 2 aliphatic carbocycles. The molecule has 1 saturated heterocycles. The fraction of sp³-hybridized carbons (Fsp3) is 1.00. The minimum absolute atomic E-state index is 0.545. The third-order valence-corrected chi connectivity index (χ3v) is 7.29. The van der Waals surface area contributed by atoms with Crippen molar-refractivity contribution in [2.24, 2.45) is 22.7 Å². The van der Waals surface area contributed by atoms with E-state index in [2.05, 4.69) is 38.0 Å². The summed E-state index contributed by atoms with van der Waals surface area (Å²) in [5.41, 5.74) is 1.10. The Balaban J connectivity index is 1.55. The van der Waals surface area contributed by atoms with E-state index in [0.29, 0.717) is 10.8 Å². The first-order valence-electron chi connectivity index (χ1n) is 8.35. The third-order valence-electron chi connectivity index (χ3n) is 7.29. The number of fused-ring (bicyclic) bond motifs is 2. The molecule has 0 aromatic rings. The molecule has 0 aromatic carbocycles. The number of rotatable bonds is 3. The first-order valence-corrected chi connectivity index (χ1v) is 8.35. The van der Waals surface area contributed by atoms with Crippen LogP contribution in [0.15, 0.2) is 0 Å². The third kappa shape index (κ3) is 2.15. The van der Waals surface area contributed by atoms with Gasteiger partial charge >= 0.3 is 0 Å². The molecule has 3 rings (SSSR count). The normalized spacial score (nSPS) is 42.9. The lowest BCUT2D eigenvalue weighted by Gasteiger charge is -2.40. The van der Waals surface area contributed by atoms with E-state index in [-0.39, 0.29) is 0 Å². The van der Waals surface area contributed by atoms with Crippen LogP contribution in [0.4, 0.5) is 0 Å². The van der Waals surface area contributed by atoms with Gasteiger partial charge in [0, 0.05) is 6.04 Å². The minimum atomic E-state index is 0.545. The lowest BCUT2D eigenvalue weighted by molar-refractivity contribution is 0.115. The molecule has 19 heavy (non-hydrogen) atoms. The summed E-state index contributed by atoms with van der Waals surface area (Å²) in [6, 6.07) is 0.779. The number of hydrogen-bond acceptors (Lipinski definition) is 2. The van der Waals surface area contributed by atoms with Crippen LogP contribution in [0.3, 0.4) is 0 Å². The first kappa shape index (κ1) is 13.9. The van der Waals surface area contributed by atoms with Crippen molar-refractivity contribution in [2.45, 2.75) is 58.9 Å². The molecule has 110 valence electrons. The Labute approximate surface area is 119 Å². The van der Waals surface area contributed by atoms with Gasteiger partial charge < -0.3 is 10.2 Å². The number of likely N-dealkylation sites (tertiary alicyclic amines) is 1. The van der Waals surface area contributed by atoms with E-state index in [1.54, 1.807) is 0 Å². The predicted molar refractivity (Wildman–Crippen MR) is 81.2 cm³/mol. The van der Waals surface area contributed by atoms with Crippen LogP contribution in [-0.2, 0) is 0 Å².